The molecule has 1 aliphatic carbocycles. The first-order chi connectivity index (χ1) is 9.55. The van der Waals surface area contributed by atoms with Crippen LogP contribution in [0.15, 0.2) is 30.3 Å². The Labute approximate surface area is 122 Å². The van der Waals surface area contributed by atoms with Crippen LogP contribution in [0.1, 0.15) is 39.2 Å². The van der Waals surface area contributed by atoms with Crippen molar-refractivity contribution in [1.29, 1.82) is 0 Å². The second kappa shape index (κ2) is 5.96. The molecule has 110 valence electrons. The molecular formula is C17H26N2O. The Morgan fingerprint density at radius 1 is 1.25 bits per heavy atom. The summed E-state index contributed by atoms with van der Waals surface area (Å²) in [7, 11) is 0. The Balaban J connectivity index is 2.42. The average Bonchev–Trinajstić information content (AvgIpc) is 2.39. The number of rotatable bonds is 6. The molecule has 1 amide bonds. The van der Waals surface area contributed by atoms with Gasteiger partial charge in [0, 0.05) is 11.5 Å². The van der Waals surface area contributed by atoms with E-state index in [2.05, 4.69) is 49.9 Å². The molecule has 3 atom stereocenters. The first-order valence-corrected chi connectivity index (χ1v) is 7.65. The van der Waals surface area contributed by atoms with E-state index >= 15 is 0 Å². The van der Waals surface area contributed by atoms with Crippen LogP contribution in [-0.2, 0) is 10.3 Å². The van der Waals surface area contributed by atoms with Crippen LogP contribution in [0.2, 0.25) is 0 Å². The highest BCUT2D eigenvalue weighted by Gasteiger charge is 2.50. The minimum atomic E-state index is -0.143. The van der Waals surface area contributed by atoms with E-state index in [0.717, 1.165) is 25.9 Å². The number of carbonyl (C=O) groups is 1. The Morgan fingerprint density at radius 2 is 1.85 bits per heavy atom. The van der Waals surface area contributed by atoms with Crippen LogP contribution in [0.5, 0.6) is 0 Å². The van der Waals surface area contributed by atoms with Gasteiger partial charge in [0.1, 0.15) is 0 Å². The van der Waals surface area contributed by atoms with Crippen molar-refractivity contribution in [3.05, 3.63) is 35.9 Å². The fraction of sp³-hybridized carbons (Fsp3) is 0.588. The summed E-state index contributed by atoms with van der Waals surface area (Å²) in [6, 6.07) is 10.5. The minimum absolute atomic E-state index is 0.0146. The number of benzene rings is 1. The van der Waals surface area contributed by atoms with E-state index in [1.807, 2.05) is 6.07 Å². The van der Waals surface area contributed by atoms with E-state index in [1.54, 1.807) is 0 Å². The Kier molecular flexibility index (Phi) is 4.48. The number of nitrogens with two attached hydrogens (primary N) is 1. The van der Waals surface area contributed by atoms with Gasteiger partial charge in [0.15, 0.2) is 0 Å². The van der Waals surface area contributed by atoms with Crippen LogP contribution in [-0.4, -0.2) is 23.9 Å². The molecule has 2 rings (SSSR count). The highest BCUT2D eigenvalue weighted by atomic mass is 16.1. The molecule has 0 bridgehead atoms. The number of carbonyl (C=O) groups excluding carboxylic acids is 1. The highest BCUT2D eigenvalue weighted by molar-refractivity contribution is 5.78. The zero-order chi connectivity index (χ0) is 14.8. The second-order valence-electron chi connectivity index (χ2n) is 5.88. The molecule has 0 spiro atoms. The standard InChI is InChI=1S/C17H26N2O/c1-4-19(5-2)17(3,13-9-7-6-8-10-13)15-12-11-14(15)16(18)20/h6-10,14-15H,4-5,11-12H2,1-3H3,(H2,18,20). The predicted molar refractivity (Wildman–Crippen MR) is 82.1 cm³/mol. The van der Waals surface area contributed by atoms with Gasteiger partial charge in [-0.15, -0.1) is 0 Å². The van der Waals surface area contributed by atoms with E-state index in [0.29, 0.717) is 5.92 Å². The molecule has 1 aromatic carbocycles. The lowest BCUT2D eigenvalue weighted by Crippen LogP contribution is -2.56. The number of hydrogen-bond donors (Lipinski definition) is 1. The highest BCUT2D eigenvalue weighted by Crippen LogP contribution is 2.49. The lowest BCUT2D eigenvalue weighted by Gasteiger charge is -2.53. The Morgan fingerprint density at radius 3 is 2.25 bits per heavy atom. The summed E-state index contributed by atoms with van der Waals surface area (Å²) < 4.78 is 0. The monoisotopic (exact) mass is 274 g/mol. The third kappa shape index (κ3) is 2.35. The zero-order valence-corrected chi connectivity index (χ0v) is 12.8. The SMILES string of the molecule is CCN(CC)C(C)(c1ccccc1)C1CCC1C(N)=O. The molecule has 3 unspecified atom stereocenters. The maximum absolute atomic E-state index is 11.7. The molecule has 20 heavy (non-hydrogen) atoms. The number of nitrogens with zero attached hydrogens (tertiary/aromatic N) is 1. The maximum atomic E-state index is 11.7. The maximum Gasteiger partial charge on any atom is 0.220 e. The third-order valence-electron chi connectivity index (χ3n) is 5.14. The van der Waals surface area contributed by atoms with E-state index < -0.39 is 0 Å². The molecule has 0 aromatic heterocycles. The fourth-order valence-corrected chi connectivity index (χ4v) is 3.80. The average molecular weight is 274 g/mol. The minimum Gasteiger partial charge on any atom is -0.369 e. The van der Waals surface area contributed by atoms with Crippen molar-refractivity contribution in [2.24, 2.45) is 17.6 Å². The topological polar surface area (TPSA) is 46.3 Å². The second-order valence-corrected chi connectivity index (χ2v) is 5.88. The molecule has 1 aromatic rings. The van der Waals surface area contributed by atoms with Crippen molar-refractivity contribution in [1.82, 2.24) is 4.90 Å². The van der Waals surface area contributed by atoms with Gasteiger partial charge in [0.2, 0.25) is 5.91 Å². The molecule has 0 radical (unpaired) electrons. The lowest BCUT2D eigenvalue weighted by atomic mass is 9.60. The van der Waals surface area contributed by atoms with E-state index in [-0.39, 0.29) is 17.4 Å². The number of amides is 1. The van der Waals surface area contributed by atoms with Crippen molar-refractivity contribution >= 4 is 5.91 Å². The molecule has 1 fully saturated rings. The zero-order valence-electron chi connectivity index (χ0n) is 12.8. The number of hydrogen-bond acceptors (Lipinski definition) is 2. The van der Waals surface area contributed by atoms with Gasteiger partial charge in [0.05, 0.1) is 0 Å². The van der Waals surface area contributed by atoms with Crippen LogP contribution >= 0.6 is 0 Å². The number of primary amides is 1. The third-order valence-corrected chi connectivity index (χ3v) is 5.14. The molecular weight excluding hydrogens is 248 g/mol. The smallest absolute Gasteiger partial charge is 0.220 e. The molecule has 0 heterocycles. The van der Waals surface area contributed by atoms with Crippen molar-refractivity contribution < 1.29 is 4.79 Å². The van der Waals surface area contributed by atoms with Gasteiger partial charge in [-0.05, 0) is 44.3 Å². The van der Waals surface area contributed by atoms with Crippen molar-refractivity contribution in [3.8, 4) is 0 Å². The molecule has 3 heteroatoms. The first-order valence-electron chi connectivity index (χ1n) is 7.65. The van der Waals surface area contributed by atoms with Crippen LogP contribution in [0, 0.1) is 11.8 Å². The van der Waals surface area contributed by atoms with Gasteiger partial charge < -0.3 is 5.73 Å². The van der Waals surface area contributed by atoms with Crippen LogP contribution in [0.25, 0.3) is 0 Å². The summed E-state index contributed by atoms with van der Waals surface area (Å²) in [5, 5.41) is 0. The van der Waals surface area contributed by atoms with Gasteiger partial charge in [0.25, 0.3) is 0 Å². The lowest BCUT2D eigenvalue weighted by molar-refractivity contribution is -0.132. The van der Waals surface area contributed by atoms with Gasteiger partial charge in [-0.2, -0.15) is 0 Å². The summed E-state index contributed by atoms with van der Waals surface area (Å²) >= 11 is 0. The van der Waals surface area contributed by atoms with Crippen molar-refractivity contribution in [3.63, 3.8) is 0 Å². The van der Waals surface area contributed by atoms with Crippen LogP contribution < -0.4 is 5.73 Å². The molecule has 3 nitrogen and oxygen atoms in total. The predicted octanol–water partition coefficient (Wildman–Crippen LogP) is 2.76. The Hall–Kier alpha value is -1.35. The van der Waals surface area contributed by atoms with E-state index in [4.69, 9.17) is 5.73 Å². The van der Waals surface area contributed by atoms with Crippen LogP contribution in [0.4, 0.5) is 0 Å². The molecule has 1 saturated carbocycles. The molecule has 1 aliphatic rings. The normalized spacial score (nSPS) is 25.0. The summed E-state index contributed by atoms with van der Waals surface area (Å²) in [6.45, 7) is 8.59. The molecule has 2 N–H and O–H groups in total. The quantitative estimate of drug-likeness (QED) is 0.867. The summed E-state index contributed by atoms with van der Waals surface area (Å²) in [5.41, 5.74) is 6.77. The van der Waals surface area contributed by atoms with Gasteiger partial charge in [-0.1, -0.05) is 44.2 Å². The summed E-state index contributed by atoms with van der Waals surface area (Å²) in [6.07, 6.45) is 2.01. The van der Waals surface area contributed by atoms with Gasteiger partial charge in [-0.25, -0.2) is 0 Å². The van der Waals surface area contributed by atoms with Crippen LogP contribution in [0.3, 0.4) is 0 Å². The van der Waals surface area contributed by atoms with Crippen molar-refractivity contribution in [2.45, 2.75) is 39.2 Å². The largest absolute Gasteiger partial charge is 0.369 e. The Bertz CT molecular complexity index is 455. The van der Waals surface area contributed by atoms with Crippen molar-refractivity contribution in [2.75, 3.05) is 13.1 Å². The first kappa shape index (κ1) is 15.0. The summed E-state index contributed by atoms with van der Waals surface area (Å²) in [4.78, 5) is 14.1. The van der Waals surface area contributed by atoms with Gasteiger partial charge in [-0.3, -0.25) is 9.69 Å². The molecule has 0 saturated heterocycles. The summed E-state index contributed by atoms with van der Waals surface area (Å²) in [5.74, 6) is 0.193. The van der Waals surface area contributed by atoms with E-state index in [9.17, 15) is 4.79 Å². The van der Waals surface area contributed by atoms with Gasteiger partial charge >= 0.3 is 0 Å². The fourth-order valence-electron chi connectivity index (χ4n) is 3.80. The molecule has 0 aliphatic heterocycles. The van der Waals surface area contributed by atoms with E-state index in [1.165, 1.54) is 5.56 Å².